The highest BCUT2D eigenvalue weighted by Gasteiger charge is 2.00. The third-order valence-corrected chi connectivity index (χ3v) is 2.46. The molecule has 2 N–H and O–H groups in total. The van der Waals surface area contributed by atoms with Gasteiger partial charge in [-0.05, 0) is 38.3 Å². The average Bonchev–Trinajstić information content (AvgIpc) is 2.34. The van der Waals surface area contributed by atoms with Crippen molar-refractivity contribution in [3.63, 3.8) is 0 Å². The van der Waals surface area contributed by atoms with E-state index in [9.17, 15) is 4.79 Å². The van der Waals surface area contributed by atoms with Crippen LogP contribution in [0.1, 0.15) is 32.6 Å². The second-order valence-corrected chi connectivity index (χ2v) is 4.04. The number of carbonyl (C=O) groups is 1. The fourth-order valence-corrected chi connectivity index (χ4v) is 1.58. The number of anilines is 1. The lowest BCUT2D eigenvalue weighted by Gasteiger charge is -2.06. The van der Waals surface area contributed by atoms with E-state index in [0.717, 1.165) is 25.0 Å². The minimum atomic E-state index is -0.116. The Morgan fingerprint density at radius 1 is 1.28 bits per heavy atom. The summed E-state index contributed by atoms with van der Waals surface area (Å²) in [6.45, 7) is 2.92. The van der Waals surface area contributed by atoms with E-state index in [4.69, 9.17) is 15.2 Å². The van der Waals surface area contributed by atoms with Crippen molar-refractivity contribution in [2.75, 3.05) is 18.9 Å². The van der Waals surface area contributed by atoms with E-state index < -0.39 is 0 Å². The van der Waals surface area contributed by atoms with Gasteiger partial charge in [-0.15, -0.1) is 0 Å². The molecule has 0 atom stereocenters. The molecule has 0 heterocycles. The number of esters is 1. The van der Waals surface area contributed by atoms with Crippen LogP contribution < -0.4 is 10.5 Å². The maximum absolute atomic E-state index is 11.1. The van der Waals surface area contributed by atoms with Crippen LogP contribution in [0.5, 0.6) is 5.75 Å². The van der Waals surface area contributed by atoms with E-state index in [1.807, 2.05) is 25.1 Å². The van der Waals surface area contributed by atoms with Crippen molar-refractivity contribution in [2.45, 2.75) is 32.6 Å². The Balaban J connectivity index is 2.04. The highest BCUT2D eigenvalue weighted by Crippen LogP contribution is 2.15. The molecule has 0 aromatic heterocycles. The molecule has 0 bridgehead atoms. The summed E-state index contributed by atoms with van der Waals surface area (Å²) in [5.74, 6) is 0.676. The van der Waals surface area contributed by atoms with Crippen molar-refractivity contribution >= 4 is 11.7 Å². The largest absolute Gasteiger partial charge is 0.494 e. The first kappa shape index (κ1) is 14.4. The summed E-state index contributed by atoms with van der Waals surface area (Å²) >= 11 is 0. The number of unbranched alkanes of at least 4 members (excludes halogenated alkanes) is 2. The van der Waals surface area contributed by atoms with E-state index in [0.29, 0.717) is 25.3 Å². The van der Waals surface area contributed by atoms with Crippen molar-refractivity contribution < 1.29 is 14.3 Å². The zero-order valence-corrected chi connectivity index (χ0v) is 10.9. The quantitative estimate of drug-likeness (QED) is 0.438. The molecule has 0 radical (unpaired) electrons. The van der Waals surface area contributed by atoms with Crippen molar-refractivity contribution in [2.24, 2.45) is 0 Å². The second kappa shape index (κ2) is 8.39. The monoisotopic (exact) mass is 251 g/mol. The fraction of sp³-hybridized carbons (Fsp3) is 0.500. The van der Waals surface area contributed by atoms with Gasteiger partial charge in [0.1, 0.15) is 5.75 Å². The van der Waals surface area contributed by atoms with Crippen LogP contribution in [0, 0.1) is 0 Å². The molecule has 4 heteroatoms. The standard InChI is InChI=1S/C14H21NO3/c1-2-17-14(16)9-4-3-5-10-18-13-8-6-7-12(15)11-13/h6-8,11H,2-5,9-10,15H2,1H3. The van der Waals surface area contributed by atoms with Gasteiger partial charge in [-0.25, -0.2) is 0 Å². The molecule has 1 rings (SSSR count). The molecule has 0 fully saturated rings. The molecule has 1 aromatic rings. The van der Waals surface area contributed by atoms with Crippen molar-refractivity contribution in [3.8, 4) is 5.75 Å². The number of ether oxygens (including phenoxy) is 2. The van der Waals surface area contributed by atoms with Gasteiger partial charge in [0.25, 0.3) is 0 Å². The number of hydrogen-bond acceptors (Lipinski definition) is 4. The van der Waals surface area contributed by atoms with Crippen LogP contribution in [0.4, 0.5) is 5.69 Å². The van der Waals surface area contributed by atoms with Gasteiger partial charge in [-0.3, -0.25) is 4.79 Å². The predicted molar refractivity (Wildman–Crippen MR) is 71.5 cm³/mol. The third-order valence-electron chi connectivity index (χ3n) is 2.46. The van der Waals surface area contributed by atoms with Crippen molar-refractivity contribution in [3.05, 3.63) is 24.3 Å². The molecule has 1 aromatic carbocycles. The Morgan fingerprint density at radius 3 is 2.83 bits per heavy atom. The first-order valence-corrected chi connectivity index (χ1v) is 6.36. The highest BCUT2D eigenvalue weighted by atomic mass is 16.5. The molecular weight excluding hydrogens is 230 g/mol. The van der Waals surface area contributed by atoms with E-state index in [2.05, 4.69) is 0 Å². The van der Waals surface area contributed by atoms with Gasteiger partial charge in [0.05, 0.1) is 13.2 Å². The van der Waals surface area contributed by atoms with Gasteiger partial charge < -0.3 is 15.2 Å². The van der Waals surface area contributed by atoms with Gasteiger partial charge in [0.2, 0.25) is 0 Å². The second-order valence-electron chi connectivity index (χ2n) is 4.04. The molecular formula is C14H21NO3. The molecule has 0 spiro atoms. The highest BCUT2D eigenvalue weighted by molar-refractivity contribution is 5.69. The number of hydrogen-bond donors (Lipinski definition) is 1. The SMILES string of the molecule is CCOC(=O)CCCCCOc1cccc(N)c1. The van der Waals surface area contributed by atoms with Crippen molar-refractivity contribution in [1.29, 1.82) is 0 Å². The van der Waals surface area contributed by atoms with Gasteiger partial charge in [0, 0.05) is 18.2 Å². The van der Waals surface area contributed by atoms with Crippen LogP contribution in [-0.2, 0) is 9.53 Å². The van der Waals surface area contributed by atoms with E-state index in [-0.39, 0.29) is 5.97 Å². The van der Waals surface area contributed by atoms with Crippen LogP contribution in [-0.4, -0.2) is 19.2 Å². The lowest BCUT2D eigenvalue weighted by molar-refractivity contribution is -0.143. The normalized spacial score (nSPS) is 10.1. The first-order chi connectivity index (χ1) is 8.72. The van der Waals surface area contributed by atoms with Crippen LogP contribution >= 0.6 is 0 Å². The zero-order valence-electron chi connectivity index (χ0n) is 10.9. The molecule has 0 aliphatic carbocycles. The predicted octanol–water partition coefficient (Wildman–Crippen LogP) is 2.77. The Morgan fingerprint density at radius 2 is 2.11 bits per heavy atom. The average molecular weight is 251 g/mol. The molecule has 18 heavy (non-hydrogen) atoms. The number of rotatable bonds is 8. The van der Waals surface area contributed by atoms with Gasteiger partial charge in [-0.2, -0.15) is 0 Å². The summed E-state index contributed by atoms with van der Waals surface area (Å²) in [6.07, 6.45) is 3.22. The molecule has 100 valence electrons. The fourth-order valence-electron chi connectivity index (χ4n) is 1.58. The number of carbonyl (C=O) groups excluding carboxylic acids is 1. The number of benzene rings is 1. The summed E-state index contributed by atoms with van der Waals surface area (Å²) in [7, 11) is 0. The van der Waals surface area contributed by atoms with Crippen LogP contribution in [0.2, 0.25) is 0 Å². The van der Waals surface area contributed by atoms with E-state index >= 15 is 0 Å². The third kappa shape index (κ3) is 6.13. The van der Waals surface area contributed by atoms with Crippen LogP contribution in [0.3, 0.4) is 0 Å². The zero-order chi connectivity index (χ0) is 13.2. The minimum absolute atomic E-state index is 0.116. The van der Waals surface area contributed by atoms with E-state index in [1.54, 1.807) is 6.07 Å². The molecule has 0 aliphatic heterocycles. The summed E-state index contributed by atoms with van der Waals surface area (Å²) < 4.78 is 10.4. The number of nitrogen functional groups attached to an aromatic ring is 1. The Bertz CT molecular complexity index is 366. The lowest BCUT2D eigenvalue weighted by Crippen LogP contribution is -2.04. The maximum atomic E-state index is 11.1. The Labute approximate surface area is 108 Å². The summed E-state index contributed by atoms with van der Waals surface area (Å²) in [6, 6.07) is 7.38. The molecule has 0 saturated carbocycles. The maximum Gasteiger partial charge on any atom is 0.305 e. The van der Waals surface area contributed by atoms with Crippen LogP contribution in [0.25, 0.3) is 0 Å². The molecule has 4 nitrogen and oxygen atoms in total. The molecule has 0 aliphatic rings. The smallest absolute Gasteiger partial charge is 0.305 e. The summed E-state index contributed by atoms with van der Waals surface area (Å²) in [5, 5.41) is 0. The molecule has 0 unspecified atom stereocenters. The van der Waals surface area contributed by atoms with Gasteiger partial charge in [0.15, 0.2) is 0 Å². The Hall–Kier alpha value is -1.71. The lowest BCUT2D eigenvalue weighted by atomic mass is 10.2. The minimum Gasteiger partial charge on any atom is -0.494 e. The first-order valence-electron chi connectivity index (χ1n) is 6.36. The summed E-state index contributed by atoms with van der Waals surface area (Å²) in [5.41, 5.74) is 6.34. The van der Waals surface area contributed by atoms with E-state index in [1.165, 1.54) is 0 Å². The van der Waals surface area contributed by atoms with Gasteiger partial charge >= 0.3 is 5.97 Å². The topological polar surface area (TPSA) is 61.5 Å². The number of nitrogens with two attached hydrogens (primary N) is 1. The van der Waals surface area contributed by atoms with Crippen molar-refractivity contribution in [1.82, 2.24) is 0 Å². The Kier molecular flexibility index (Phi) is 6.69. The van der Waals surface area contributed by atoms with Gasteiger partial charge in [-0.1, -0.05) is 6.07 Å². The summed E-state index contributed by atoms with van der Waals surface area (Å²) in [4.78, 5) is 11.1. The van der Waals surface area contributed by atoms with Crippen LogP contribution in [0.15, 0.2) is 24.3 Å². The molecule has 0 amide bonds. The molecule has 0 saturated heterocycles.